The summed E-state index contributed by atoms with van der Waals surface area (Å²) in [6, 6.07) is 0. The molecule has 4 aliphatic carbocycles. The Hall–Kier alpha value is -1.12. The summed E-state index contributed by atoms with van der Waals surface area (Å²) in [4.78, 5) is 11.1. The summed E-state index contributed by atoms with van der Waals surface area (Å²) in [5.41, 5.74) is 2.21. The molecule has 0 spiro atoms. The van der Waals surface area contributed by atoms with Crippen LogP contribution in [0.1, 0.15) is 105 Å². The zero-order valence-corrected chi connectivity index (χ0v) is 25.7. The molecule has 1 N–H and O–H groups in total. The van der Waals surface area contributed by atoms with Crippen molar-refractivity contribution < 1.29 is 32.2 Å². The van der Waals surface area contributed by atoms with Gasteiger partial charge in [0.05, 0.1) is 12.7 Å². The molecule has 0 aromatic carbocycles. The van der Waals surface area contributed by atoms with Crippen LogP contribution in [0.15, 0.2) is 11.6 Å². The number of hydrogen-bond donors (Lipinski definition) is 1. The summed E-state index contributed by atoms with van der Waals surface area (Å²) < 4.78 is 54.7. The monoisotopic (exact) mass is 583 g/mol. The van der Waals surface area contributed by atoms with E-state index in [1.165, 1.54) is 56.9 Å². The number of nitrogens with one attached hydrogen (secondary N) is 1. The molecule has 0 aromatic heterocycles. The number of rotatable bonds is 9. The van der Waals surface area contributed by atoms with Crippen molar-refractivity contribution in [3.63, 3.8) is 0 Å². The lowest BCUT2D eigenvalue weighted by molar-refractivity contribution is -0.262. The predicted octanol–water partition coefficient (Wildman–Crippen LogP) is 7.79. The lowest BCUT2D eigenvalue weighted by Crippen LogP contribution is -2.51. The van der Waals surface area contributed by atoms with Crippen molar-refractivity contribution >= 4 is 5.91 Å². The lowest BCUT2D eigenvalue weighted by atomic mass is 9.47. The minimum Gasteiger partial charge on any atom is -0.346 e. The number of fused-ring (bicyclic) bond motifs is 5. The highest BCUT2D eigenvalue weighted by atomic mass is 19.4. The molecule has 1 aliphatic heterocycles. The normalized spacial score (nSPS) is 41.4. The Bertz CT molecular complexity index is 969. The molecule has 234 valence electrons. The summed E-state index contributed by atoms with van der Waals surface area (Å²) in [5, 5.41) is 1.86. The van der Waals surface area contributed by atoms with Gasteiger partial charge in [-0.3, -0.25) is 4.79 Å². The zero-order chi connectivity index (χ0) is 29.6. The third-order valence-corrected chi connectivity index (χ3v) is 12.0. The van der Waals surface area contributed by atoms with Crippen molar-refractivity contribution in [3.05, 3.63) is 11.6 Å². The number of carbonyl (C=O) groups is 1. The first kappa shape index (κ1) is 31.3. The largest absolute Gasteiger partial charge is 0.471 e. The molecule has 0 aromatic rings. The maximum Gasteiger partial charge on any atom is 0.471 e. The number of halogens is 3. The average Bonchev–Trinajstić information content (AvgIpc) is 3.50. The molecule has 0 bridgehead atoms. The van der Waals surface area contributed by atoms with E-state index in [9.17, 15) is 18.0 Å². The molecule has 5 nitrogen and oxygen atoms in total. The fraction of sp³-hybridized carbons (Fsp3) is 0.909. The number of carbonyl (C=O) groups excluding carboxylic acids is 1. The third kappa shape index (κ3) is 6.40. The van der Waals surface area contributed by atoms with E-state index < -0.39 is 24.7 Å². The van der Waals surface area contributed by atoms with Crippen LogP contribution in [0.25, 0.3) is 0 Å². The van der Waals surface area contributed by atoms with Crippen LogP contribution in [0.3, 0.4) is 0 Å². The highest BCUT2D eigenvalue weighted by Gasteiger charge is 2.59. The van der Waals surface area contributed by atoms with Gasteiger partial charge in [0.2, 0.25) is 0 Å². The molecule has 41 heavy (non-hydrogen) atoms. The van der Waals surface area contributed by atoms with Gasteiger partial charge >= 0.3 is 12.1 Å². The predicted molar refractivity (Wildman–Crippen MR) is 152 cm³/mol. The maximum atomic E-state index is 12.5. The van der Waals surface area contributed by atoms with Gasteiger partial charge in [0.1, 0.15) is 6.10 Å². The Morgan fingerprint density at radius 2 is 1.88 bits per heavy atom. The van der Waals surface area contributed by atoms with E-state index in [1.807, 2.05) is 5.32 Å². The molecule has 10 atom stereocenters. The van der Waals surface area contributed by atoms with Crippen LogP contribution in [0, 0.1) is 46.3 Å². The Morgan fingerprint density at radius 3 is 2.61 bits per heavy atom. The van der Waals surface area contributed by atoms with E-state index in [4.69, 9.17) is 14.2 Å². The third-order valence-electron chi connectivity index (χ3n) is 12.0. The Balaban J connectivity index is 1.15. The van der Waals surface area contributed by atoms with Gasteiger partial charge in [-0.05, 0) is 97.7 Å². The summed E-state index contributed by atoms with van der Waals surface area (Å²) in [6.07, 6.45) is 10.5. The molecular weight excluding hydrogens is 531 g/mol. The molecule has 4 fully saturated rings. The summed E-state index contributed by atoms with van der Waals surface area (Å²) in [6.45, 7) is 11.3. The lowest BCUT2D eigenvalue weighted by Gasteiger charge is -2.58. The van der Waals surface area contributed by atoms with E-state index >= 15 is 0 Å². The number of amides is 1. The topological polar surface area (TPSA) is 56.8 Å². The molecule has 8 heteroatoms. The SMILES string of the molecule is CC(C)CCCC(C)C1CCC2C3CC=C4CC(OC5OCC(CNC(=O)C(F)(F)F)O5)CCC4(C)C3CCC12C. The van der Waals surface area contributed by atoms with Gasteiger partial charge in [0, 0.05) is 6.54 Å². The van der Waals surface area contributed by atoms with Gasteiger partial charge in [-0.1, -0.05) is 65.5 Å². The van der Waals surface area contributed by atoms with Crippen LogP contribution < -0.4 is 5.32 Å². The fourth-order valence-electron chi connectivity index (χ4n) is 9.83. The number of hydrogen-bond acceptors (Lipinski definition) is 4. The summed E-state index contributed by atoms with van der Waals surface area (Å²) >= 11 is 0. The fourth-order valence-corrected chi connectivity index (χ4v) is 9.83. The molecular formula is C33H52F3NO4. The number of allylic oxidation sites excluding steroid dienone is 1. The van der Waals surface area contributed by atoms with Crippen LogP contribution in [0.5, 0.6) is 0 Å². The van der Waals surface area contributed by atoms with Crippen LogP contribution in [0.4, 0.5) is 13.2 Å². The zero-order valence-electron chi connectivity index (χ0n) is 25.7. The first-order chi connectivity index (χ1) is 19.3. The van der Waals surface area contributed by atoms with Gasteiger partial charge in [-0.2, -0.15) is 13.2 Å². The summed E-state index contributed by atoms with van der Waals surface area (Å²) in [7, 11) is 0. The van der Waals surface area contributed by atoms with Crippen molar-refractivity contribution in [1.82, 2.24) is 5.32 Å². The first-order valence-corrected chi connectivity index (χ1v) is 16.3. The Labute approximate surface area is 244 Å². The van der Waals surface area contributed by atoms with E-state index in [2.05, 4.69) is 40.7 Å². The quantitative estimate of drug-likeness (QED) is 0.282. The number of ether oxygens (including phenoxy) is 3. The Morgan fingerprint density at radius 1 is 1.10 bits per heavy atom. The highest BCUT2D eigenvalue weighted by molar-refractivity contribution is 5.81. The van der Waals surface area contributed by atoms with Crippen molar-refractivity contribution in [2.24, 2.45) is 46.3 Å². The van der Waals surface area contributed by atoms with E-state index in [-0.39, 0.29) is 24.7 Å². The van der Waals surface area contributed by atoms with Crippen molar-refractivity contribution in [1.29, 1.82) is 0 Å². The minimum atomic E-state index is -4.90. The smallest absolute Gasteiger partial charge is 0.346 e. The number of alkyl halides is 3. The molecule has 5 aliphatic rings. The Kier molecular flexibility index (Phi) is 9.25. The molecule has 1 saturated heterocycles. The molecule has 5 rings (SSSR count). The molecule has 1 amide bonds. The second kappa shape index (κ2) is 12.1. The average molecular weight is 584 g/mol. The first-order valence-electron chi connectivity index (χ1n) is 16.3. The van der Waals surface area contributed by atoms with Gasteiger partial charge in [-0.15, -0.1) is 0 Å². The molecule has 1 heterocycles. The van der Waals surface area contributed by atoms with Crippen LogP contribution in [0.2, 0.25) is 0 Å². The molecule has 3 saturated carbocycles. The second-order valence-electron chi connectivity index (χ2n) is 14.9. The second-order valence-corrected chi connectivity index (χ2v) is 14.9. The minimum absolute atomic E-state index is 0.0317. The van der Waals surface area contributed by atoms with Crippen LogP contribution in [-0.2, 0) is 19.0 Å². The van der Waals surface area contributed by atoms with Crippen LogP contribution >= 0.6 is 0 Å². The van der Waals surface area contributed by atoms with Gasteiger partial charge in [-0.25, -0.2) is 0 Å². The highest BCUT2D eigenvalue weighted by Crippen LogP contribution is 2.67. The van der Waals surface area contributed by atoms with Crippen molar-refractivity contribution in [3.8, 4) is 0 Å². The van der Waals surface area contributed by atoms with Crippen LogP contribution in [-0.4, -0.2) is 43.9 Å². The van der Waals surface area contributed by atoms with Crippen molar-refractivity contribution in [2.45, 2.75) is 130 Å². The van der Waals surface area contributed by atoms with Gasteiger partial charge in [0.25, 0.3) is 6.48 Å². The maximum absolute atomic E-state index is 12.5. The van der Waals surface area contributed by atoms with Gasteiger partial charge < -0.3 is 19.5 Å². The molecule has 0 radical (unpaired) electrons. The summed E-state index contributed by atoms with van der Waals surface area (Å²) in [5.74, 6) is 2.85. The molecule has 10 unspecified atom stereocenters. The van der Waals surface area contributed by atoms with Gasteiger partial charge in [0.15, 0.2) is 0 Å². The standard InChI is InChI=1S/C33H52F3NO4/c1-20(2)7-6-8-21(3)26-11-12-27-25-10-9-22-17-23(13-15-31(22,4)28(25)14-16-32(26,27)5)40-30-39-19-24(41-30)18-37-29(38)33(34,35)36/h9,20-21,23-28,30H,6-8,10-19H2,1-5H3,(H,37,38). The van der Waals surface area contributed by atoms with E-state index in [0.29, 0.717) is 5.41 Å². The van der Waals surface area contributed by atoms with E-state index in [0.717, 1.165) is 54.8 Å². The van der Waals surface area contributed by atoms with Crippen molar-refractivity contribution in [2.75, 3.05) is 13.2 Å². The van der Waals surface area contributed by atoms with E-state index in [1.54, 1.807) is 0 Å².